The Balaban J connectivity index is 1.80. The second-order valence-corrected chi connectivity index (χ2v) is 7.77. The fraction of sp³-hybridized carbons (Fsp3) is 0.417. The van der Waals surface area contributed by atoms with Crippen molar-refractivity contribution < 1.29 is 14.3 Å². The van der Waals surface area contributed by atoms with E-state index in [-0.39, 0.29) is 12.2 Å². The molecule has 2 unspecified atom stereocenters. The van der Waals surface area contributed by atoms with E-state index in [0.717, 1.165) is 18.5 Å². The molecule has 1 saturated heterocycles. The molecule has 5 heteroatoms. The van der Waals surface area contributed by atoms with Crippen LogP contribution in [-0.4, -0.2) is 29.9 Å². The van der Waals surface area contributed by atoms with E-state index < -0.39 is 17.6 Å². The zero-order valence-corrected chi connectivity index (χ0v) is 17.3. The van der Waals surface area contributed by atoms with Crippen molar-refractivity contribution >= 4 is 23.1 Å². The molecular weight excluding hydrogens is 364 g/mol. The molecule has 2 N–H and O–H groups in total. The second kappa shape index (κ2) is 9.12. The summed E-state index contributed by atoms with van der Waals surface area (Å²) in [6.07, 6.45) is 3.22. The van der Waals surface area contributed by atoms with Gasteiger partial charge in [-0.05, 0) is 49.9 Å². The standard InChI is InChI=1S/C24H30N2O3/c1-3-14-24(15-13-18-9-6-5-7-10-18)17-21(27)22(23(28)29-24)26(4-2)20-12-8-11-19(25)16-20/h5-12,16,22H,3-4,13-15,17,25H2,1-2H3. The van der Waals surface area contributed by atoms with Crippen molar-refractivity contribution in [3.8, 4) is 0 Å². The Morgan fingerprint density at radius 1 is 1.07 bits per heavy atom. The number of anilines is 2. The van der Waals surface area contributed by atoms with Crippen LogP contribution in [0.2, 0.25) is 0 Å². The normalized spacial score (nSPS) is 21.7. The fourth-order valence-corrected chi connectivity index (χ4v) is 4.25. The number of ketones is 1. The van der Waals surface area contributed by atoms with Gasteiger partial charge in [0.2, 0.25) is 0 Å². The van der Waals surface area contributed by atoms with E-state index in [1.165, 1.54) is 5.56 Å². The molecule has 0 saturated carbocycles. The Kier molecular flexibility index (Phi) is 6.57. The number of likely N-dealkylation sites (N-methyl/N-ethyl adjacent to an activating group) is 1. The van der Waals surface area contributed by atoms with Crippen molar-refractivity contribution in [3.05, 3.63) is 60.2 Å². The average molecular weight is 395 g/mol. The third kappa shape index (κ3) is 4.78. The van der Waals surface area contributed by atoms with Crippen molar-refractivity contribution in [3.63, 3.8) is 0 Å². The molecule has 0 aliphatic carbocycles. The number of carbonyl (C=O) groups excluding carboxylic acids is 2. The molecule has 5 nitrogen and oxygen atoms in total. The number of esters is 1. The first kappa shape index (κ1) is 20.9. The highest BCUT2D eigenvalue weighted by atomic mass is 16.6. The minimum absolute atomic E-state index is 0.0768. The molecule has 0 spiro atoms. The van der Waals surface area contributed by atoms with Crippen LogP contribution in [0.3, 0.4) is 0 Å². The maximum absolute atomic E-state index is 13.2. The molecule has 1 fully saturated rings. The Morgan fingerprint density at radius 2 is 1.83 bits per heavy atom. The zero-order valence-electron chi connectivity index (χ0n) is 17.3. The van der Waals surface area contributed by atoms with Gasteiger partial charge >= 0.3 is 5.97 Å². The van der Waals surface area contributed by atoms with Gasteiger partial charge in [0.05, 0.1) is 0 Å². The van der Waals surface area contributed by atoms with Crippen molar-refractivity contribution in [1.29, 1.82) is 0 Å². The summed E-state index contributed by atoms with van der Waals surface area (Å²) in [7, 11) is 0. The van der Waals surface area contributed by atoms with Gasteiger partial charge in [-0.3, -0.25) is 4.79 Å². The van der Waals surface area contributed by atoms with Crippen LogP contribution in [0.15, 0.2) is 54.6 Å². The molecule has 0 amide bonds. The molecule has 2 aromatic rings. The van der Waals surface area contributed by atoms with Crippen molar-refractivity contribution in [2.24, 2.45) is 0 Å². The summed E-state index contributed by atoms with van der Waals surface area (Å²) >= 11 is 0. The highest BCUT2D eigenvalue weighted by molar-refractivity contribution is 6.08. The van der Waals surface area contributed by atoms with Crippen molar-refractivity contribution in [1.82, 2.24) is 0 Å². The summed E-state index contributed by atoms with van der Waals surface area (Å²) < 4.78 is 6.02. The minimum Gasteiger partial charge on any atom is -0.457 e. The van der Waals surface area contributed by atoms with Gasteiger partial charge in [0.25, 0.3) is 0 Å². The molecule has 29 heavy (non-hydrogen) atoms. The number of cyclic esters (lactones) is 1. The van der Waals surface area contributed by atoms with Crippen LogP contribution in [0.5, 0.6) is 0 Å². The summed E-state index contributed by atoms with van der Waals surface area (Å²) in [4.78, 5) is 28.0. The molecule has 2 atom stereocenters. The van der Waals surface area contributed by atoms with E-state index in [9.17, 15) is 9.59 Å². The summed E-state index contributed by atoms with van der Waals surface area (Å²) in [6, 6.07) is 16.5. The fourth-order valence-electron chi connectivity index (χ4n) is 4.25. The largest absolute Gasteiger partial charge is 0.457 e. The lowest BCUT2D eigenvalue weighted by Gasteiger charge is -2.42. The van der Waals surface area contributed by atoms with E-state index >= 15 is 0 Å². The topological polar surface area (TPSA) is 72.6 Å². The molecule has 1 aliphatic rings. The monoisotopic (exact) mass is 394 g/mol. The first-order valence-corrected chi connectivity index (χ1v) is 10.4. The van der Waals surface area contributed by atoms with Gasteiger partial charge in [-0.25, -0.2) is 4.79 Å². The minimum atomic E-state index is -0.913. The first-order chi connectivity index (χ1) is 14.0. The lowest BCUT2D eigenvalue weighted by Crippen LogP contribution is -2.57. The molecule has 2 aromatic carbocycles. The van der Waals surface area contributed by atoms with Crippen LogP contribution in [0.25, 0.3) is 0 Å². The second-order valence-electron chi connectivity index (χ2n) is 7.77. The molecule has 1 aliphatic heterocycles. The highest BCUT2D eigenvalue weighted by Crippen LogP contribution is 2.35. The van der Waals surface area contributed by atoms with E-state index in [1.54, 1.807) is 17.0 Å². The number of aryl methyl sites for hydroxylation is 1. The Morgan fingerprint density at radius 3 is 2.45 bits per heavy atom. The molecule has 1 heterocycles. The average Bonchev–Trinajstić information content (AvgIpc) is 2.70. The quantitative estimate of drug-likeness (QED) is 0.414. The number of benzene rings is 2. The van der Waals surface area contributed by atoms with Gasteiger partial charge < -0.3 is 15.4 Å². The van der Waals surface area contributed by atoms with Gasteiger partial charge in [-0.2, -0.15) is 0 Å². The molecule has 0 bridgehead atoms. The Bertz CT molecular complexity index is 832. The summed E-state index contributed by atoms with van der Waals surface area (Å²) in [5.74, 6) is -0.529. The molecule has 3 rings (SSSR count). The predicted octanol–water partition coefficient (Wildman–Crippen LogP) is 4.15. The number of nitrogens with zero attached hydrogens (tertiary/aromatic N) is 1. The number of hydrogen-bond acceptors (Lipinski definition) is 5. The van der Waals surface area contributed by atoms with Gasteiger partial charge in [0.15, 0.2) is 11.8 Å². The van der Waals surface area contributed by atoms with Crippen LogP contribution >= 0.6 is 0 Å². The van der Waals surface area contributed by atoms with Crippen LogP contribution < -0.4 is 10.6 Å². The number of carbonyl (C=O) groups is 2. The SMILES string of the molecule is CCCC1(CCc2ccccc2)CC(=O)C(N(CC)c2cccc(N)c2)C(=O)O1. The number of nitrogen functional groups attached to an aromatic ring is 1. The molecule has 0 aromatic heterocycles. The Hall–Kier alpha value is -2.82. The van der Waals surface area contributed by atoms with Crippen LogP contribution in [0, 0.1) is 0 Å². The lowest BCUT2D eigenvalue weighted by atomic mass is 9.82. The molecular formula is C24H30N2O3. The van der Waals surface area contributed by atoms with Crippen molar-refractivity contribution in [2.45, 2.75) is 57.6 Å². The number of rotatable bonds is 8. The van der Waals surface area contributed by atoms with E-state index in [0.29, 0.717) is 25.1 Å². The highest BCUT2D eigenvalue weighted by Gasteiger charge is 2.48. The maximum atomic E-state index is 13.2. The summed E-state index contributed by atoms with van der Waals surface area (Å²) in [5.41, 5.74) is 7.72. The van der Waals surface area contributed by atoms with Crippen molar-refractivity contribution in [2.75, 3.05) is 17.2 Å². The van der Waals surface area contributed by atoms with Gasteiger partial charge in [0.1, 0.15) is 5.60 Å². The van der Waals surface area contributed by atoms with Gasteiger partial charge in [-0.15, -0.1) is 0 Å². The number of hydrogen-bond donors (Lipinski definition) is 1. The number of nitrogens with two attached hydrogens (primary N) is 1. The van der Waals surface area contributed by atoms with E-state index in [2.05, 4.69) is 19.1 Å². The van der Waals surface area contributed by atoms with Gasteiger partial charge in [-0.1, -0.05) is 49.7 Å². The van der Waals surface area contributed by atoms with E-state index in [1.807, 2.05) is 37.3 Å². The smallest absolute Gasteiger partial charge is 0.337 e. The summed E-state index contributed by atoms with van der Waals surface area (Å²) in [5, 5.41) is 0. The maximum Gasteiger partial charge on any atom is 0.337 e. The van der Waals surface area contributed by atoms with E-state index in [4.69, 9.17) is 10.5 Å². The molecule has 154 valence electrons. The third-order valence-electron chi connectivity index (χ3n) is 5.61. The Labute approximate surface area is 172 Å². The zero-order chi connectivity index (χ0) is 20.9. The third-order valence-corrected chi connectivity index (χ3v) is 5.61. The predicted molar refractivity (Wildman–Crippen MR) is 116 cm³/mol. The summed E-state index contributed by atoms with van der Waals surface area (Å²) in [6.45, 7) is 4.49. The van der Waals surface area contributed by atoms with Gasteiger partial charge in [0, 0.05) is 24.3 Å². The first-order valence-electron chi connectivity index (χ1n) is 10.4. The van der Waals surface area contributed by atoms with Crippen LogP contribution in [0.1, 0.15) is 45.1 Å². The lowest BCUT2D eigenvalue weighted by molar-refractivity contribution is -0.174. The molecule has 0 radical (unpaired) electrons. The number of Topliss-reactive ketones (excluding diaryl/α,β-unsaturated/α-hetero) is 1. The van der Waals surface area contributed by atoms with Crippen LogP contribution in [-0.2, 0) is 20.7 Å². The number of ether oxygens (including phenoxy) is 1. The van der Waals surface area contributed by atoms with Crippen LogP contribution in [0.4, 0.5) is 11.4 Å².